The van der Waals surface area contributed by atoms with Crippen molar-refractivity contribution in [3.8, 4) is 11.9 Å². The zero-order valence-corrected chi connectivity index (χ0v) is 7.05. The Morgan fingerprint density at radius 3 is 2.86 bits per heavy atom. The molecule has 0 aromatic carbocycles. The van der Waals surface area contributed by atoms with Gasteiger partial charge in [0.25, 0.3) is 0 Å². The highest BCUT2D eigenvalue weighted by Gasteiger charge is 2.11. The van der Waals surface area contributed by atoms with E-state index in [0.29, 0.717) is 5.82 Å². The van der Waals surface area contributed by atoms with E-state index in [0.717, 1.165) is 4.68 Å². The molecule has 0 amide bonds. The van der Waals surface area contributed by atoms with Gasteiger partial charge in [-0.25, -0.2) is 4.98 Å². The minimum absolute atomic E-state index is 0.0874. The van der Waals surface area contributed by atoms with Crippen molar-refractivity contribution in [2.45, 2.75) is 0 Å². The van der Waals surface area contributed by atoms with Crippen LogP contribution in [0.5, 0.6) is 0 Å². The van der Waals surface area contributed by atoms with Gasteiger partial charge in [0, 0.05) is 6.20 Å². The number of rotatable bonds is 1. The topological polar surface area (TPSA) is 54.5 Å². The second-order valence-electron chi connectivity index (χ2n) is 2.56. The van der Waals surface area contributed by atoms with Gasteiger partial charge in [0.1, 0.15) is 11.6 Å². The maximum Gasteiger partial charge on any atom is 0.235 e. The third-order valence-electron chi connectivity index (χ3n) is 1.70. The Kier molecular flexibility index (Phi) is 1.95. The Balaban J connectivity index is 2.54. The van der Waals surface area contributed by atoms with E-state index in [9.17, 15) is 4.39 Å². The van der Waals surface area contributed by atoms with Crippen molar-refractivity contribution in [2.24, 2.45) is 0 Å². The Labute approximate surface area is 79.2 Å². The smallest absolute Gasteiger partial charge is 0.235 e. The second kappa shape index (κ2) is 3.26. The number of hydrogen-bond acceptors (Lipinski definition) is 3. The zero-order valence-electron chi connectivity index (χ0n) is 7.05. The minimum atomic E-state index is -0.689. The van der Waals surface area contributed by atoms with Gasteiger partial charge in [-0.3, -0.25) is 0 Å². The summed E-state index contributed by atoms with van der Waals surface area (Å²) in [6, 6.07) is 6.74. The van der Waals surface area contributed by atoms with E-state index in [1.54, 1.807) is 24.3 Å². The molecule has 2 heterocycles. The molecule has 0 unspecified atom stereocenters. The number of pyridine rings is 1. The van der Waals surface area contributed by atoms with Crippen molar-refractivity contribution >= 4 is 0 Å². The standard InChI is InChI=1S/C9H5FN4/c10-9-7(5-11)6-13-14(9)8-3-1-2-4-12-8/h1-4,6H. The van der Waals surface area contributed by atoms with Crippen LogP contribution in [0.1, 0.15) is 5.56 Å². The van der Waals surface area contributed by atoms with Gasteiger partial charge >= 0.3 is 0 Å². The predicted octanol–water partition coefficient (Wildman–Crippen LogP) is 1.28. The van der Waals surface area contributed by atoms with Crippen LogP contribution in [0.3, 0.4) is 0 Å². The summed E-state index contributed by atoms with van der Waals surface area (Å²) in [5.41, 5.74) is -0.0874. The van der Waals surface area contributed by atoms with Crippen LogP contribution in [0, 0.1) is 17.3 Å². The lowest BCUT2D eigenvalue weighted by Crippen LogP contribution is -2.01. The summed E-state index contributed by atoms with van der Waals surface area (Å²) >= 11 is 0. The first-order valence-electron chi connectivity index (χ1n) is 3.88. The molecule has 0 fully saturated rings. The lowest BCUT2D eigenvalue weighted by atomic mass is 10.4. The Bertz CT molecular complexity index is 483. The number of nitrogens with zero attached hydrogens (tertiary/aromatic N) is 4. The summed E-state index contributed by atoms with van der Waals surface area (Å²) in [6.07, 6.45) is 2.70. The van der Waals surface area contributed by atoms with Gasteiger partial charge < -0.3 is 0 Å². The van der Waals surface area contributed by atoms with Crippen molar-refractivity contribution < 1.29 is 4.39 Å². The van der Waals surface area contributed by atoms with Crippen LogP contribution >= 0.6 is 0 Å². The van der Waals surface area contributed by atoms with Gasteiger partial charge in [0.2, 0.25) is 5.95 Å². The highest BCUT2D eigenvalue weighted by Crippen LogP contribution is 2.09. The number of hydrogen-bond donors (Lipinski definition) is 0. The predicted molar refractivity (Wildman–Crippen MR) is 46.0 cm³/mol. The van der Waals surface area contributed by atoms with Gasteiger partial charge in [-0.2, -0.15) is 19.4 Å². The number of nitriles is 1. The van der Waals surface area contributed by atoms with E-state index >= 15 is 0 Å². The molecular formula is C9H5FN4. The summed E-state index contributed by atoms with van der Waals surface area (Å²) in [5, 5.41) is 12.2. The molecule has 14 heavy (non-hydrogen) atoms. The largest absolute Gasteiger partial charge is 0.237 e. The summed E-state index contributed by atoms with van der Waals surface area (Å²) in [4.78, 5) is 3.91. The van der Waals surface area contributed by atoms with E-state index in [1.165, 1.54) is 12.4 Å². The van der Waals surface area contributed by atoms with E-state index in [1.807, 2.05) is 0 Å². The molecular weight excluding hydrogens is 183 g/mol. The van der Waals surface area contributed by atoms with Crippen LogP contribution in [0.2, 0.25) is 0 Å². The molecule has 4 nitrogen and oxygen atoms in total. The first-order chi connectivity index (χ1) is 6.83. The van der Waals surface area contributed by atoms with Gasteiger partial charge in [0.05, 0.1) is 6.20 Å². The highest BCUT2D eigenvalue weighted by atomic mass is 19.1. The van der Waals surface area contributed by atoms with Gasteiger partial charge in [-0.05, 0) is 12.1 Å². The van der Waals surface area contributed by atoms with Crippen LogP contribution in [-0.2, 0) is 0 Å². The lowest BCUT2D eigenvalue weighted by Gasteiger charge is -1.98. The maximum atomic E-state index is 13.4. The first kappa shape index (κ1) is 8.38. The number of halogens is 1. The molecule has 2 aromatic heterocycles. The molecule has 0 aliphatic carbocycles. The average molecular weight is 188 g/mol. The Hall–Kier alpha value is -2.22. The first-order valence-corrected chi connectivity index (χ1v) is 3.88. The van der Waals surface area contributed by atoms with Crippen molar-refractivity contribution in [3.05, 3.63) is 42.1 Å². The SMILES string of the molecule is N#Cc1cnn(-c2ccccn2)c1F. The normalized spacial score (nSPS) is 9.71. The summed E-state index contributed by atoms with van der Waals surface area (Å²) in [6.45, 7) is 0. The molecule has 0 radical (unpaired) electrons. The Morgan fingerprint density at radius 2 is 2.29 bits per heavy atom. The van der Waals surface area contributed by atoms with Crippen molar-refractivity contribution in [3.63, 3.8) is 0 Å². The zero-order chi connectivity index (χ0) is 9.97. The molecule has 2 rings (SSSR count). The van der Waals surface area contributed by atoms with Crippen LogP contribution < -0.4 is 0 Å². The maximum absolute atomic E-state index is 13.4. The van der Waals surface area contributed by atoms with E-state index in [4.69, 9.17) is 5.26 Å². The molecule has 0 N–H and O–H groups in total. The van der Waals surface area contributed by atoms with Crippen LogP contribution in [-0.4, -0.2) is 14.8 Å². The van der Waals surface area contributed by atoms with E-state index in [2.05, 4.69) is 10.1 Å². The fourth-order valence-corrected chi connectivity index (χ4v) is 1.05. The summed E-state index contributed by atoms with van der Waals surface area (Å²) in [7, 11) is 0. The van der Waals surface area contributed by atoms with E-state index in [-0.39, 0.29) is 5.56 Å². The molecule has 2 aromatic rings. The van der Waals surface area contributed by atoms with Crippen LogP contribution in [0.25, 0.3) is 5.82 Å². The summed E-state index contributed by atoms with van der Waals surface area (Å²) in [5.74, 6) is -0.335. The molecule has 0 atom stereocenters. The van der Waals surface area contributed by atoms with Crippen molar-refractivity contribution in [2.75, 3.05) is 0 Å². The third kappa shape index (κ3) is 1.23. The highest BCUT2D eigenvalue weighted by molar-refractivity contribution is 5.29. The molecule has 0 spiro atoms. The second-order valence-corrected chi connectivity index (χ2v) is 2.56. The quantitative estimate of drug-likeness (QED) is 0.677. The fraction of sp³-hybridized carbons (Fsp3) is 0. The van der Waals surface area contributed by atoms with E-state index < -0.39 is 5.95 Å². The molecule has 0 aliphatic rings. The molecule has 5 heteroatoms. The van der Waals surface area contributed by atoms with Crippen LogP contribution in [0.15, 0.2) is 30.6 Å². The van der Waals surface area contributed by atoms with Gasteiger partial charge in [-0.15, -0.1) is 0 Å². The van der Waals surface area contributed by atoms with Crippen molar-refractivity contribution in [1.82, 2.24) is 14.8 Å². The van der Waals surface area contributed by atoms with Crippen LogP contribution in [0.4, 0.5) is 4.39 Å². The minimum Gasteiger partial charge on any atom is -0.237 e. The molecule has 0 saturated carbocycles. The molecule has 68 valence electrons. The molecule has 0 bridgehead atoms. The fourth-order valence-electron chi connectivity index (χ4n) is 1.05. The average Bonchev–Trinajstić information content (AvgIpc) is 2.61. The van der Waals surface area contributed by atoms with Gasteiger partial charge in [0.15, 0.2) is 5.82 Å². The van der Waals surface area contributed by atoms with Crippen molar-refractivity contribution in [1.29, 1.82) is 5.26 Å². The van der Waals surface area contributed by atoms with Gasteiger partial charge in [-0.1, -0.05) is 6.07 Å². The summed E-state index contributed by atoms with van der Waals surface area (Å²) < 4.78 is 14.3. The molecule has 0 aliphatic heterocycles. The monoisotopic (exact) mass is 188 g/mol. The molecule has 0 saturated heterocycles. The Morgan fingerprint density at radius 1 is 1.43 bits per heavy atom. The third-order valence-corrected chi connectivity index (χ3v) is 1.70. The number of aromatic nitrogens is 3. The lowest BCUT2D eigenvalue weighted by molar-refractivity contribution is 0.530.